The SMILES string of the molecule is C1CC1.COC(=O)CCc1cccc(OCc2ccc(-c3cc(OC)ccc3F)c(CC(C)(C)C)c2)c1. The number of aryl methyl sites for hydroxylation is 1. The monoisotopic (exact) mass is 506 g/mol. The lowest BCUT2D eigenvalue weighted by Gasteiger charge is -2.22. The Morgan fingerprint density at radius 3 is 2.27 bits per heavy atom. The molecule has 0 unspecified atom stereocenters. The van der Waals surface area contributed by atoms with Crippen LogP contribution in [0, 0.1) is 11.2 Å². The average Bonchev–Trinajstić information content (AvgIpc) is 3.76. The zero-order chi connectivity index (χ0) is 26.8. The molecule has 0 spiro atoms. The van der Waals surface area contributed by atoms with E-state index in [1.807, 2.05) is 36.4 Å². The Bertz CT molecular complexity index is 1170. The minimum absolute atomic E-state index is 0.0253. The lowest BCUT2D eigenvalue weighted by atomic mass is 9.84. The minimum atomic E-state index is -0.274. The Kier molecular flexibility index (Phi) is 10.1. The number of esters is 1. The number of rotatable bonds is 9. The molecule has 5 heteroatoms. The highest BCUT2D eigenvalue weighted by Crippen LogP contribution is 2.34. The molecule has 1 saturated carbocycles. The molecular formula is C32H39FO4. The Balaban J connectivity index is 0.00000118. The molecule has 0 bridgehead atoms. The van der Waals surface area contributed by atoms with Crippen LogP contribution in [-0.4, -0.2) is 20.2 Å². The van der Waals surface area contributed by atoms with Gasteiger partial charge in [-0.2, -0.15) is 0 Å². The van der Waals surface area contributed by atoms with Crippen LogP contribution in [0.3, 0.4) is 0 Å². The van der Waals surface area contributed by atoms with Gasteiger partial charge in [0.1, 0.15) is 23.9 Å². The van der Waals surface area contributed by atoms with Gasteiger partial charge in [0.15, 0.2) is 0 Å². The Labute approximate surface area is 220 Å². The molecule has 198 valence electrons. The maximum Gasteiger partial charge on any atom is 0.305 e. The van der Waals surface area contributed by atoms with E-state index in [1.165, 1.54) is 32.4 Å². The molecule has 4 rings (SSSR count). The van der Waals surface area contributed by atoms with Gasteiger partial charge in [-0.05, 0) is 70.8 Å². The number of methoxy groups -OCH3 is 2. The summed E-state index contributed by atoms with van der Waals surface area (Å²) < 4.78 is 30.8. The molecule has 0 N–H and O–H groups in total. The van der Waals surface area contributed by atoms with E-state index in [9.17, 15) is 9.18 Å². The summed E-state index contributed by atoms with van der Waals surface area (Å²) in [6.45, 7) is 6.89. The van der Waals surface area contributed by atoms with Crippen molar-refractivity contribution in [2.75, 3.05) is 14.2 Å². The van der Waals surface area contributed by atoms with E-state index < -0.39 is 0 Å². The molecule has 0 atom stereocenters. The van der Waals surface area contributed by atoms with Crippen molar-refractivity contribution < 1.29 is 23.4 Å². The second-order valence-electron chi connectivity index (χ2n) is 10.6. The first-order valence-electron chi connectivity index (χ1n) is 12.9. The van der Waals surface area contributed by atoms with Crippen LogP contribution in [0.25, 0.3) is 11.1 Å². The standard InChI is InChI=1S/C29H33FO4.C3H6/c1-29(2,3)18-22-15-21(9-12-25(22)26-17-23(32-4)11-13-27(26)30)19-34-24-8-6-7-20(16-24)10-14-28(31)33-5;1-2-3-1/h6-9,11-13,15-17H,10,14,18-19H2,1-5H3;1-3H2. The van der Waals surface area contributed by atoms with Crippen molar-refractivity contribution in [1.29, 1.82) is 0 Å². The van der Waals surface area contributed by atoms with Crippen molar-refractivity contribution in [1.82, 2.24) is 0 Å². The van der Waals surface area contributed by atoms with Gasteiger partial charge in [0, 0.05) is 12.0 Å². The van der Waals surface area contributed by atoms with Crippen LogP contribution in [0.2, 0.25) is 0 Å². The van der Waals surface area contributed by atoms with Crippen LogP contribution in [0.4, 0.5) is 4.39 Å². The summed E-state index contributed by atoms with van der Waals surface area (Å²) >= 11 is 0. The fourth-order valence-electron chi connectivity index (χ4n) is 3.86. The van der Waals surface area contributed by atoms with Gasteiger partial charge >= 0.3 is 5.97 Å². The Morgan fingerprint density at radius 1 is 0.865 bits per heavy atom. The number of hydrogen-bond donors (Lipinski definition) is 0. The average molecular weight is 507 g/mol. The van der Waals surface area contributed by atoms with Gasteiger partial charge in [0.25, 0.3) is 0 Å². The zero-order valence-corrected chi connectivity index (χ0v) is 22.7. The van der Waals surface area contributed by atoms with E-state index in [4.69, 9.17) is 14.2 Å². The van der Waals surface area contributed by atoms with Crippen LogP contribution >= 0.6 is 0 Å². The molecule has 0 heterocycles. The van der Waals surface area contributed by atoms with E-state index in [1.54, 1.807) is 19.2 Å². The second kappa shape index (κ2) is 13.3. The molecule has 1 fully saturated rings. The van der Waals surface area contributed by atoms with E-state index in [2.05, 4.69) is 26.8 Å². The van der Waals surface area contributed by atoms with Gasteiger partial charge in [0.05, 0.1) is 14.2 Å². The highest BCUT2D eigenvalue weighted by molar-refractivity contribution is 5.70. The van der Waals surface area contributed by atoms with Crippen molar-refractivity contribution in [2.45, 2.75) is 65.9 Å². The highest BCUT2D eigenvalue weighted by Gasteiger charge is 2.18. The molecule has 37 heavy (non-hydrogen) atoms. The highest BCUT2D eigenvalue weighted by atomic mass is 19.1. The van der Waals surface area contributed by atoms with Crippen LogP contribution < -0.4 is 9.47 Å². The number of carbonyl (C=O) groups is 1. The largest absolute Gasteiger partial charge is 0.497 e. The molecule has 0 amide bonds. The van der Waals surface area contributed by atoms with Crippen LogP contribution in [0.15, 0.2) is 60.7 Å². The molecule has 1 aliphatic rings. The Hall–Kier alpha value is -3.34. The maximum atomic E-state index is 14.7. The summed E-state index contributed by atoms with van der Waals surface area (Å²) in [6.07, 6.45) is 6.22. The third-order valence-corrected chi connectivity index (χ3v) is 5.86. The molecule has 0 aliphatic heterocycles. The van der Waals surface area contributed by atoms with Gasteiger partial charge in [-0.25, -0.2) is 4.39 Å². The molecule has 0 aromatic heterocycles. The maximum absolute atomic E-state index is 14.7. The summed E-state index contributed by atoms with van der Waals surface area (Å²) in [5.41, 5.74) is 4.50. The van der Waals surface area contributed by atoms with Crippen molar-refractivity contribution in [3.63, 3.8) is 0 Å². The van der Waals surface area contributed by atoms with Crippen molar-refractivity contribution in [3.05, 3.63) is 83.2 Å². The predicted molar refractivity (Wildman–Crippen MR) is 147 cm³/mol. The quantitative estimate of drug-likeness (QED) is 0.276. The molecule has 3 aromatic carbocycles. The minimum Gasteiger partial charge on any atom is -0.497 e. The summed E-state index contributed by atoms with van der Waals surface area (Å²) in [4.78, 5) is 11.4. The first kappa shape index (κ1) is 28.2. The van der Waals surface area contributed by atoms with Crippen molar-refractivity contribution in [3.8, 4) is 22.6 Å². The van der Waals surface area contributed by atoms with Gasteiger partial charge in [-0.3, -0.25) is 4.79 Å². The third kappa shape index (κ3) is 9.56. The van der Waals surface area contributed by atoms with E-state index >= 15 is 0 Å². The molecular weight excluding hydrogens is 467 g/mol. The number of ether oxygens (including phenoxy) is 3. The van der Waals surface area contributed by atoms with Gasteiger partial charge in [-0.1, -0.05) is 70.4 Å². The summed E-state index contributed by atoms with van der Waals surface area (Å²) in [7, 11) is 2.97. The predicted octanol–water partition coefficient (Wildman–Crippen LogP) is 7.94. The number of benzene rings is 3. The Morgan fingerprint density at radius 2 is 1.62 bits per heavy atom. The van der Waals surface area contributed by atoms with Crippen molar-refractivity contribution in [2.24, 2.45) is 5.41 Å². The van der Waals surface area contributed by atoms with E-state index in [0.29, 0.717) is 30.8 Å². The fraction of sp³-hybridized carbons (Fsp3) is 0.406. The van der Waals surface area contributed by atoms with Gasteiger partial charge < -0.3 is 14.2 Å². The number of hydrogen-bond acceptors (Lipinski definition) is 4. The van der Waals surface area contributed by atoms with Crippen molar-refractivity contribution >= 4 is 5.97 Å². The molecule has 3 aromatic rings. The topological polar surface area (TPSA) is 44.8 Å². The lowest BCUT2D eigenvalue weighted by molar-refractivity contribution is -0.140. The van der Waals surface area contributed by atoms with Gasteiger partial charge in [-0.15, -0.1) is 0 Å². The van der Waals surface area contributed by atoms with Crippen LogP contribution in [-0.2, 0) is 29.0 Å². The number of carbonyl (C=O) groups excluding carboxylic acids is 1. The van der Waals surface area contributed by atoms with E-state index in [0.717, 1.165) is 34.4 Å². The summed E-state index contributed by atoms with van der Waals surface area (Å²) in [6, 6.07) is 18.6. The first-order valence-corrected chi connectivity index (χ1v) is 12.9. The smallest absolute Gasteiger partial charge is 0.305 e. The van der Waals surface area contributed by atoms with Crippen LogP contribution in [0.5, 0.6) is 11.5 Å². The molecule has 1 aliphatic carbocycles. The summed E-state index contributed by atoms with van der Waals surface area (Å²) in [5.74, 6) is 0.856. The van der Waals surface area contributed by atoms with Gasteiger partial charge in [0.2, 0.25) is 0 Å². The lowest BCUT2D eigenvalue weighted by Crippen LogP contribution is -2.11. The molecule has 4 nitrogen and oxygen atoms in total. The molecule has 0 saturated heterocycles. The normalized spacial score (nSPS) is 12.3. The third-order valence-electron chi connectivity index (χ3n) is 5.86. The summed E-state index contributed by atoms with van der Waals surface area (Å²) in [5, 5.41) is 0. The second-order valence-corrected chi connectivity index (χ2v) is 10.6. The fourth-order valence-corrected chi connectivity index (χ4v) is 3.86. The zero-order valence-electron chi connectivity index (χ0n) is 22.7. The van der Waals surface area contributed by atoms with Crippen LogP contribution in [0.1, 0.15) is 63.1 Å². The first-order chi connectivity index (χ1) is 17.7. The number of halogens is 1. The van der Waals surface area contributed by atoms with E-state index in [-0.39, 0.29) is 17.2 Å². The molecule has 0 radical (unpaired) electrons.